The summed E-state index contributed by atoms with van der Waals surface area (Å²) in [6.07, 6.45) is 22.4. The molecule has 234 valence electrons. The number of fused-ring (bicyclic) bond motifs is 3. The minimum Gasteiger partial charge on any atom is -0.297 e. The van der Waals surface area contributed by atoms with E-state index in [2.05, 4.69) is 146 Å². The molecule has 0 fully saturated rings. The maximum absolute atomic E-state index is 4.86. The maximum Gasteiger partial charge on any atom is 0.0520 e. The van der Waals surface area contributed by atoms with Gasteiger partial charge in [-0.15, -0.1) is 0 Å². The molecule has 0 aliphatic carbocycles. The molecule has 5 aromatic carbocycles. The van der Waals surface area contributed by atoms with Gasteiger partial charge >= 0.3 is 0 Å². The molecule has 1 aliphatic rings. The van der Waals surface area contributed by atoms with Gasteiger partial charge in [-0.3, -0.25) is 9.98 Å². The third-order valence-corrected chi connectivity index (χ3v) is 8.60. The number of allylic oxidation sites excluding steroid dienone is 11. The first-order valence-electron chi connectivity index (χ1n) is 16.4. The lowest BCUT2D eigenvalue weighted by Gasteiger charge is -2.14. The van der Waals surface area contributed by atoms with Gasteiger partial charge in [-0.2, -0.15) is 0 Å². The predicted octanol–water partition coefficient (Wildman–Crippen LogP) is 11.8. The minimum absolute atomic E-state index is 0.740. The van der Waals surface area contributed by atoms with Crippen molar-refractivity contribution in [3.8, 4) is 0 Å². The van der Waals surface area contributed by atoms with Crippen molar-refractivity contribution < 1.29 is 0 Å². The van der Waals surface area contributed by atoms with Crippen LogP contribution in [0.5, 0.6) is 0 Å². The van der Waals surface area contributed by atoms with E-state index in [1.54, 1.807) is 7.05 Å². The summed E-state index contributed by atoms with van der Waals surface area (Å²) in [6.45, 7) is 6.29. The van der Waals surface area contributed by atoms with Crippen LogP contribution in [0.3, 0.4) is 0 Å². The first-order valence-corrected chi connectivity index (χ1v) is 16.4. The van der Waals surface area contributed by atoms with E-state index in [1.807, 2.05) is 42.8 Å². The molecule has 2 heteroatoms. The summed E-state index contributed by atoms with van der Waals surface area (Å²) >= 11 is 0. The molecule has 1 aliphatic heterocycles. The Labute approximate surface area is 284 Å². The van der Waals surface area contributed by atoms with Gasteiger partial charge in [0, 0.05) is 25.9 Å². The zero-order chi connectivity index (χ0) is 33.1. The van der Waals surface area contributed by atoms with Gasteiger partial charge < -0.3 is 0 Å². The summed E-state index contributed by atoms with van der Waals surface area (Å²) in [5.41, 5.74) is 10.4. The molecule has 48 heavy (non-hydrogen) atoms. The Bertz CT molecular complexity index is 2180. The zero-order valence-electron chi connectivity index (χ0n) is 27.7. The molecular weight excluding hydrogens is 581 g/mol. The summed E-state index contributed by atoms with van der Waals surface area (Å²) in [6, 6.07) is 38.9. The Morgan fingerprint density at radius 2 is 1.54 bits per heavy atom. The number of aliphatic imine (C=N–C) groups is 2. The molecule has 0 saturated carbocycles. The van der Waals surface area contributed by atoms with Gasteiger partial charge in [0.2, 0.25) is 0 Å². The van der Waals surface area contributed by atoms with E-state index >= 15 is 0 Å². The monoisotopic (exact) mass is 620 g/mol. The summed E-state index contributed by atoms with van der Waals surface area (Å²) in [4.78, 5) is 8.88. The third-order valence-electron chi connectivity index (χ3n) is 8.60. The summed E-state index contributed by atoms with van der Waals surface area (Å²) in [7, 11) is 1.79. The Kier molecular flexibility index (Phi) is 10.4. The molecule has 0 aromatic heterocycles. The molecule has 2 nitrogen and oxygen atoms in total. The van der Waals surface area contributed by atoms with E-state index < -0.39 is 0 Å². The molecule has 0 atom stereocenters. The van der Waals surface area contributed by atoms with E-state index in [0.29, 0.717) is 0 Å². The molecule has 5 aromatic rings. The number of nitrogens with zero attached hydrogens (tertiary/aromatic N) is 2. The smallest absolute Gasteiger partial charge is 0.0520 e. The molecular formula is C46H40N2. The molecule has 0 N–H and O–H groups in total. The van der Waals surface area contributed by atoms with Gasteiger partial charge in [0.25, 0.3) is 0 Å². The van der Waals surface area contributed by atoms with Gasteiger partial charge in [0.15, 0.2) is 0 Å². The fourth-order valence-electron chi connectivity index (χ4n) is 6.08. The maximum atomic E-state index is 4.86. The van der Waals surface area contributed by atoms with Gasteiger partial charge in [-0.1, -0.05) is 146 Å². The lowest BCUT2D eigenvalue weighted by atomic mass is 9.90. The van der Waals surface area contributed by atoms with Crippen LogP contribution >= 0.6 is 0 Å². The van der Waals surface area contributed by atoms with Crippen molar-refractivity contribution in [2.45, 2.75) is 19.8 Å². The number of hydrogen-bond acceptors (Lipinski definition) is 2. The van der Waals surface area contributed by atoms with Crippen molar-refractivity contribution in [3.05, 3.63) is 198 Å². The van der Waals surface area contributed by atoms with Crippen LogP contribution in [0.4, 0.5) is 0 Å². The first kappa shape index (κ1) is 32.1. The van der Waals surface area contributed by atoms with Crippen molar-refractivity contribution in [1.82, 2.24) is 0 Å². The molecule has 6 rings (SSSR count). The Hall–Kier alpha value is -5.86. The highest BCUT2D eigenvalue weighted by molar-refractivity contribution is 6.13. The van der Waals surface area contributed by atoms with Crippen LogP contribution in [0.1, 0.15) is 35.6 Å². The van der Waals surface area contributed by atoms with Gasteiger partial charge in [-0.05, 0) is 97.7 Å². The summed E-state index contributed by atoms with van der Waals surface area (Å²) < 4.78 is 0. The second kappa shape index (κ2) is 15.6. The Morgan fingerprint density at radius 1 is 0.812 bits per heavy atom. The fourth-order valence-corrected chi connectivity index (χ4v) is 6.08. The van der Waals surface area contributed by atoms with Crippen molar-refractivity contribution in [2.75, 3.05) is 7.05 Å². The Morgan fingerprint density at radius 3 is 2.31 bits per heavy atom. The number of benzene rings is 5. The molecule has 0 spiro atoms. The van der Waals surface area contributed by atoms with Crippen molar-refractivity contribution in [2.24, 2.45) is 9.98 Å². The van der Waals surface area contributed by atoms with Gasteiger partial charge in [-0.25, -0.2) is 0 Å². The normalized spacial score (nSPS) is 14.5. The van der Waals surface area contributed by atoms with E-state index in [9.17, 15) is 0 Å². The van der Waals surface area contributed by atoms with Gasteiger partial charge in [0.05, 0.1) is 5.71 Å². The molecule has 1 heterocycles. The summed E-state index contributed by atoms with van der Waals surface area (Å²) in [5, 5.41) is 4.99. The molecule has 0 saturated heterocycles. The predicted molar refractivity (Wildman–Crippen MR) is 211 cm³/mol. The highest BCUT2D eigenvalue weighted by Crippen LogP contribution is 2.35. The number of rotatable bonds is 11. The van der Waals surface area contributed by atoms with Crippen LogP contribution in [0, 0.1) is 0 Å². The van der Waals surface area contributed by atoms with Crippen LogP contribution in [0.25, 0.3) is 38.8 Å². The zero-order valence-corrected chi connectivity index (χ0v) is 27.7. The average molecular weight is 621 g/mol. The van der Waals surface area contributed by atoms with E-state index in [1.165, 1.54) is 49.4 Å². The summed E-state index contributed by atoms with van der Waals surface area (Å²) in [5.74, 6) is 0. The highest BCUT2D eigenvalue weighted by atomic mass is 14.7. The molecule has 0 radical (unpaired) electrons. The van der Waals surface area contributed by atoms with Crippen LogP contribution < -0.4 is 0 Å². The average Bonchev–Trinajstić information content (AvgIpc) is 3.60. The second-order valence-electron chi connectivity index (χ2n) is 11.9. The van der Waals surface area contributed by atoms with E-state index in [-0.39, 0.29) is 0 Å². The topological polar surface area (TPSA) is 24.7 Å². The van der Waals surface area contributed by atoms with Crippen LogP contribution in [-0.2, 0) is 6.42 Å². The Balaban J connectivity index is 1.36. The van der Waals surface area contributed by atoms with Gasteiger partial charge in [0.1, 0.15) is 0 Å². The first-order chi connectivity index (χ1) is 23.6. The fraction of sp³-hybridized carbons (Fsp3) is 0.0870. The third kappa shape index (κ3) is 7.74. The molecule has 0 bridgehead atoms. The second-order valence-corrected chi connectivity index (χ2v) is 11.9. The highest BCUT2D eigenvalue weighted by Gasteiger charge is 2.15. The largest absolute Gasteiger partial charge is 0.297 e. The van der Waals surface area contributed by atoms with Crippen molar-refractivity contribution in [3.63, 3.8) is 0 Å². The quantitative estimate of drug-likeness (QED) is 0.0797. The number of hydrogen-bond donors (Lipinski definition) is 0. The van der Waals surface area contributed by atoms with Crippen LogP contribution in [0.2, 0.25) is 0 Å². The standard InChI is InChI=1S/C46H40N2/c1-4-38(20-14-18-35-15-6-5-7-16-35)46-31-37(33-48-46)30-41(29-34(2)39-26-24-36(25-27-39)17-12-13-28-47-3)45-32-40-19-8-9-21-42(40)43-22-10-11-23-44(43)45/h4-16,18-30,32-33H,1,17,31H2,2-3H3/b13-12-,18-14+,34-29+,38-20+,41-30+,47-28?. The lowest BCUT2D eigenvalue weighted by Crippen LogP contribution is -1.98. The minimum atomic E-state index is 0.740. The SMILES string of the molecule is C=C/C(=C\C=C\c1ccccc1)C1=NC=C(/C=C(\C=C(/C)c2ccc(C/C=C\C=NC)cc2)c2cc3ccccc3c3ccccc23)C1. The van der Waals surface area contributed by atoms with Crippen LogP contribution in [-0.4, -0.2) is 19.0 Å². The molecule has 0 unspecified atom stereocenters. The van der Waals surface area contributed by atoms with Crippen molar-refractivity contribution in [1.29, 1.82) is 0 Å². The lowest BCUT2D eigenvalue weighted by molar-refractivity contribution is 1.27. The van der Waals surface area contributed by atoms with E-state index in [4.69, 9.17) is 4.99 Å². The van der Waals surface area contributed by atoms with E-state index in [0.717, 1.165) is 35.3 Å². The molecule has 0 amide bonds. The van der Waals surface area contributed by atoms with Crippen molar-refractivity contribution >= 4 is 50.7 Å². The van der Waals surface area contributed by atoms with Crippen LogP contribution in [0.15, 0.2) is 186 Å².